The summed E-state index contributed by atoms with van der Waals surface area (Å²) in [5.41, 5.74) is 6.13. The van der Waals surface area contributed by atoms with Crippen molar-refractivity contribution in [2.24, 2.45) is 0 Å². The third kappa shape index (κ3) is 4.73. The summed E-state index contributed by atoms with van der Waals surface area (Å²) in [6.07, 6.45) is 4.28. The number of hydrogen-bond donors (Lipinski definition) is 2. The van der Waals surface area contributed by atoms with Crippen LogP contribution in [0.15, 0.2) is 41.3 Å². The molecule has 0 unspecified atom stereocenters. The number of hydrogen-bond acceptors (Lipinski definition) is 4. The van der Waals surface area contributed by atoms with E-state index in [1.54, 1.807) is 30.3 Å². The molecule has 2 N–H and O–H groups in total. The number of rotatable bonds is 7. The van der Waals surface area contributed by atoms with Gasteiger partial charge in [0.2, 0.25) is 0 Å². The smallest absolute Gasteiger partial charge is 0.256 e. The molecule has 2 heterocycles. The Morgan fingerprint density at radius 3 is 2.44 bits per heavy atom. The maximum Gasteiger partial charge on any atom is 0.256 e. The number of aromatic amines is 1. The van der Waals surface area contributed by atoms with E-state index in [2.05, 4.69) is 22.2 Å². The number of carbonyl (C=O) groups excluding carboxylic acids is 1. The van der Waals surface area contributed by atoms with E-state index in [1.165, 1.54) is 24.5 Å². The molecule has 3 aromatic rings. The van der Waals surface area contributed by atoms with Gasteiger partial charge in [-0.3, -0.25) is 9.69 Å². The van der Waals surface area contributed by atoms with Gasteiger partial charge in [-0.15, -0.1) is 0 Å². The summed E-state index contributed by atoms with van der Waals surface area (Å²) in [6.45, 7) is 4.93. The number of H-pyrrole nitrogens is 1. The molecule has 0 bridgehead atoms. The maximum atomic E-state index is 13.3. The van der Waals surface area contributed by atoms with Crippen LogP contribution in [0, 0.1) is 13.8 Å². The van der Waals surface area contributed by atoms with Crippen LogP contribution >= 0.6 is 23.2 Å². The summed E-state index contributed by atoms with van der Waals surface area (Å²) in [4.78, 5) is 18.7. The van der Waals surface area contributed by atoms with Gasteiger partial charge in [0.1, 0.15) is 0 Å². The lowest BCUT2D eigenvalue weighted by Gasteiger charge is -2.16. The number of amides is 1. The molecule has 5 rings (SSSR count). The highest BCUT2D eigenvalue weighted by atomic mass is 35.5. The Morgan fingerprint density at radius 1 is 1.08 bits per heavy atom. The van der Waals surface area contributed by atoms with Crippen molar-refractivity contribution in [3.05, 3.63) is 80.1 Å². The maximum absolute atomic E-state index is 13.3. The minimum Gasteiger partial charge on any atom is -0.359 e. The molecule has 1 aromatic heterocycles. The van der Waals surface area contributed by atoms with E-state index in [1.807, 2.05) is 19.9 Å². The van der Waals surface area contributed by atoms with Crippen LogP contribution < -0.4 is 5.32 Å². The Hall–Kier alpha value is -2.58. The van der Waals surface area contributed by atoms with Crippen LogP contribution in [0.2, 0.25) is 10.0 Å². The van der Waals surface area contributed by atoms with Gasteiger partial charge >= 0.3 is 0 Å². The zero-order valence-electron chi connectivity index (χ0n) is 20.3. The molecule has 0 spiro atoms. The molecule has 188 valence electrons. The molecule has 1 amide bonds. The quantitative estimate of drug-likeness (QED) is 0.358. The number of nitrogens with one attached hydrogen (secondary N) is 2. The fourth-order valence-corrected chi connectivity index (χ4v) is 6.80. The normalized spacial score (nSPS) is 16.6. The second-order valence-electron chi connectivity index (χ2n) is 9.59. The number of aryl methyl sites for hydroxylation is 1. The van der Waals surface area contributed by atoms with Crippen LogP contribution in [0.4, 0.5) is 5.69 Å². The highest BCUT2D eigenvalue weighted by Gasteiger charge is 2.29. The first-order chi connectivity index (χ1) is 17.0. The van der Waals surface area contributed by atoms with Gasteiger partial charge in [-0.25, -0.2) is 8.42 Å². The standard InChI is InChI=1S/C27H27Cl2N3O3S/c1-15-21(13-32(3)17-7-8-17)16(2)30-26(15)12-20-19-11-18(9-10-25(19)31-27(20)33)36(34,35)14-22-23(28)5-4-6-24(22)29/h4-6,9-12,17,30H,7-8,13-14H2,1-3H3,(H,31,33)/b20-12-. The molecule has 0 saturated heterocycles. The number of carbonyl (C=O) groups is 1. The average Bonchev–Trinajstić information content (AvgIpc) is 3.58. The summed E-state index contributed by atoms with van der Waals surface area (Å²) in [5.74, 6) is -0.602. The predicted molar refractivity (Wildman–Crippen MR) is 145 cm³/mol. The number of nitrogens with zero attached hydrogens (tertiary/aromatic N) is 1. The lowest BCUT2D eigenvalue weighted by molar-refractivity contribution is -0.110. The van der Waals surface area contributed by atoms with Crippen LogP contribution in [0.1, 0.15) is 46.5 Å². The monoisotopic (exact) mass is 543 g/mol. The number of aromatic nitrogens is 1. The first-order valence-electron chi connectivity index (χ1n) is 11.8. The van der Waals surface area contributed by atoms with Crippen LogP contribution in [0.25, 0.3) is 11.6 Å². The number of fused-ring (bicyclic) bond motifs is 1. The van der Waals surface area contributed by atoms with E-state index in [4.69, 9.17) is 23.2 Å². The Balaban J connectivity index is 1.49. The molecule has 1 aliphatic carbocycles. The van der Waals surface area contributed by atoms with Gasteiger partial charge in [0.25, 0.3) is 5.91 Å². The van der Waals surface area contributed by atoms with E-state index < -0.39 is 9.84 Å². The van der Waals surface area contributed by atoms with Gasteiger partial charge < -0.3 is 10.3 Å². The van der Waals surface area contributed by atoms with Crippen molar-refractivity contribution >= 4 is 56.3 Å². The zero-order chi connectivity index (χ0) is 25.8. The summed E-state index contributed by atoms with van der Waals surface area (Å²) < 4.78 is 26.5. The SMILES string of the molecule is Cc1[nH]c(/C=C2\C(=O)Nc3ccc(S(=O)(=O)Cc4c(Cl)cccc4Cl)cc32)c(C)c1CN(C)C1CC1. The largest absolute Gasteiger partial charge is 0.359 e. The summed E-state index contributed by atoms with van der Waals surface area (Å²) in [7, 11) is -1.63. The number of anilines is 1. The number of halogens is 2. The highest BCUT2D eigenvalue weighted by molar-refractivity contribution is 7.90. The Bertz CT molecular complexity index is 1500. The second kappa shape index (κ2) is 9.38. The van der Waals surface area contributed by atoms with Crippen LogP contribution in [-0.2, 0) is 26.9 Å². The molecule has 0 atom stereocenters. The van der Waals surface area contributed by atoms with Crippen molar-refractivity contribution in [3.8, 4) is 0 Å². The molecule has 2 aliphatic rings. The van der Waals surface area contributed by atoms with Crippen molar-refractivity contribution in [1.82, 2.24) is 9.88 Å². The van der Waals surface area contributed by atoms with E-state index in [0.717, 1.165) is 23.5 Å². The summed E-state index contributed by atoms with van der Waals surface area (Å²) >= 11 is 12.4. The molecule has 0 radical (unpaired) electrons. The van der Waals surface area contributed by atoms with Crippen molar-refractivity contribution < 1.29 is 13.2 Å². The first-order valence-corrected chi connectivity index (χ1v) is 14.2. The zero-order valence-corrected chi connectivity index (χ0v) is 22.6. The summed E-state index contributed by atoms with van der Waals surface area (Å²) in [6, 6.07) is 10.2. The van der Waals surface area contributed by atoms with Crippen molar-refractivity contribution in [2.75, 3.05) is 12.4 Å². The minimum atomic E-state index is -3.77. The third-order valence-electron chi connectivity index (χ3n) is 7.03. The van der Waals surface area contributed by atoms with Crippen molar-refractivity contribution in [3.63, 3.8) is 0 Å². The van der Waals surface area contributed by atoms with Gasteiger partial charge in [0.05, 0.1) is 16.2 Å². The fraction of sp³-hybridized carbons (Fsp3) is 0.296. The molecule has 1 fully saturated rings. The van der Waals surface area contributed by atoms with Gasteiger partial charge in [-0.1, -0.05) is 29.3 Å². The molecular formula is C27H27Cl2N3O3S. The third-order valence-corrected chi connectivity index (χ3v) is 9.38. The molecule has 36 heavy (non-hydrogen) atoms. The second-order valence-corrected chi connectivity index (χ2v) is 12.4. The van der Waals surface area contributed by atoms with Crippen LogP contribution in [0.5, 0.6) is 0 Å². The Kier molecular flexibility index (Phi) is 6.53. The average molecular weight is 545 g/mol. The lowest BCUT2D eigenvalue weighted by Crippen LogP contribution is -2.20. The minimum absolute atomic E-state index is 0.103. The lowest BCUT2D eigenvalue weighted by atomic mass is 10.0. The van der Waals surface area contributed by atoms with Gasteiger partial charge in [0.15, 0.2) is 9.84 Å². The summed E-state index contributed by atoms with van der Waals surface area (Å²) in [5, 5.41) is 3.44. The molecule has 1 aliphatic heterocycles. The Morgan fingerprint density at radius 2 is 1.78 bits per heavy atom. The molecule has 2 aromatic carbocycles. The van der Waals surface area contributed by atoms with Crippen molar-refractivity contribution in [2.45, 2.75) is 49.9 Å². The van der Waals surface area contributed by atoms with Crippen LogP contribution in [0.3, 0.4) is 0 Å². The first kappa shape index (κ1) is 25.1. The van der Waals surface area contributed by atoms with Gasteiger partial charge in [0, 0.05) is 50.8 Å². The molecule has 1 saturated carbocycles. The van der Waals surface area contributed by atoms with Gasteiger partial charge in [-0.05, 0) is 81.3 Å². The molecule has 6 nitrogen and oxygen atoms in total. The fourth-order valence-electron chi connectivity index (χ4n) is 4.68. The van der Waals surface area contributed by atoms with Gasteiger partial charge in [-0.2, -0.15) is 0 Å². The molecule has 9 heteroatoms. The topological polar surface area (TPSA) is 82.3 Å². The van der Waals surface area contributed by atoms with E-state index in [9.17, 15) is 13.2 Å². The van der Waals surface area contributed by atoms with E-state index >= 15 is 0 Å². The van der Waals surface area contributed by atoms with Crippen LogP contribution in [-0.4, -0.2) is 37.3 Å². The number of sulfone groups is 1. The highest BCUT2D eigenvalue weighted by Crippen LogP contribution is 2.37. The number of benzene rings is 2. The Labute approximate surface area is 221 Å². The van der Waals surface area contributed by atoms with E-state index in [0.29, 0.717) is 38.5 Å². The van der Waals surface area contributed by atoms with E-state index in [-0.39, 0.29) is 16.6 Å². The van der Waals surface area contributed by atoms with Crippen molar-refractivity contribution in [1.29, 1.82) is 0 Å². The predicted octanol–water partition coefficient (Wildman–Crippen LogP) is 6.00. The molecular weight excluding hydrogens is 517 g/mol.